The van der Waals surface area contributed by atoms with Crippen molar-refractivity contribution in [2.75, 3.05) is 16.8 Å². The molecule has 1 fully saturated rings. The molecule has 0 radical (unpaired) electrons. The Bertz CT molecular complexity index is 1110. The van der Waals surface area contributed by atoms with Gasteiger partial charge in [-0.25, -0.2) is 4.79 Å². The summed E-state index contributed by atoms with van der Waals surface area (Å²) in [6, 6.07) is 20.2. The molecule has 3 aromatic carbocycles. The molecule has 3 aromatic rings. The van der Waals surface area contributed by atoms with Gasteiger partial charge in [-0.15, -0.1) is 0 Å². The Morgan fingerprint density at radius 3 is 2.50 bits per heavy atom. The van der Waals surface area contributed by atoms with E-state index in [-0.39, 0.29) is 18.2 Å². The summed E-state index contributed by atoms with van der Waals surface area (Å²) in [6.45, 7) is 0.703. The second kappa shape index (κ2) is 8.24. The minimum Gasteiger partial charge on any atom is -0.352 e. The Balaban J connectivity index is 1.40. The summed E-state index contributed by atoms with van der Waals surface area (Å²) in [4.78, 5) is 37.9. The molecule has 4 amide bonds. The van der Waals surface area contributed by atoms with Crippen LogP contribution < -0.4 is 21.3 Å². The molecule has 0 spiro atoms. The molecule has 1 aliphatic rings. The average molecular weight is 402 g/mol. The molecule has 0 aromatic heterocycles. The third-order valence-electron chi connectivity index (χ3n) is 5.24. The Morgan fingerprint density at radius 2 is 1.73 bits per heavy atom. The van der Waals surface area contributed by atoms with Crippen LogP contribution >= 0.6 is 0 Å². The van der Waals surface area contributed by atoms with Crippen molar-refractivity contribution in [3.63, 3.8) is 0 Å². The number of nitrogens with one attached hydrogen (secondary N) is 2. The van der Waals surface area contributed by atoms with Gasteiger partial charge in [-0.2, -0.15) is 0 Å². The molecule has 4 N–H and O–H groups in total. The molecule has 1 saturated heterocycles. The Labute approximate surface area is 173 Å². The number of fused-ring (bicyclic) bond motifs is 1. The highest BCUT2D eigenvalue weighted by atomic mass is 16.2. The molecule has 1 aliphatic heterocycles. The van der Waals surface area contributed by atoms with Crippen LogP contribution in [0.5, 0.6) is 0 Å². The molecule has 0 bridgehead atoms. The van der Waals surface area contributed by atoms with Gasteiger partial charge in [0.15, 0.2) is 0 Å². The number of rotatable bonds is 5. The van der Waals surface area contributed by atoms with Crippen LogP contribution in [0.25, 0.3) is 10.8 Å². The Kier molecular flexibility index (Phi) is 5.34. The first-order chi connectivity index (χ1) is 14.5. The molecule has 7 heteroatoms. The fourth-order valence-corrected chi connectivity index (χ4v) is 3.74. The van der Waals surface area contributed by atoms with Gasteiger partial charge in [0.1, 0.15) is 0 Å². The smallest absolute Gasteiger partial charge is 0.316 e. The van der Waals surface area contributed by atoms with Gasteiger partial charge in [0.2, 0.25) is 11.8 Å². The van der Waals surface area contributed by atoms with Gasteiger partial charge < -0.3 is 21.3 Å². The summed E-state index contributed by atoms with van der Waals surface area (Å²) < 4.78 is 0. The largest absolute Gasteiger partial charge is 0.352 e. The highest BCUT2D eigenvalue weighted by molar-refractivity contribution is 6.07. The zero-order valence-electron chi connectivity index (χ0n) is 16.3. The minimum atomic E-state index is -0.627. The number of nitrogens with two attached hydrogens (primary N) is 1. The van der Waals surface area contributed by atoms with Gasteiger partial charge in [0.05, 0.1) is 11.6 Å². The molecule has 152 valence electrons. The normalized spacial score (nSPS) is 15.9. The number of carbonyl (C=O) groups excluding carboxylic acids is 3. The molecule has 0 saturated carbocycles. The van der Waals surface area contributed by atoms with Crippen molar-refractivity contribution in [1.29, 1.82) is 0 Å². The number of urea groups is 1. The summed E-state index contributed by atoms with van der Waals surface area (Å²) in [5.41, 5.74) is 7.40. The van der Waals surface area contributed by atoms with Gasteiger partial charge in [0, 0.05) is 30.6 Å². The van der Waals surface area contributed by atoms with E-state index in [0.717, 1.165) is 22.0 Å². The van der Waals surface area contributed by atoms with Crippen molar-refractivity contribution in [2.45, 2.75) is 13.0 Å². The molecule has 30 heavy (non-hydrogen) atoms. The number of nitrogens with zero attached hydrogens (tertiary/aromatic N) is 1. The number of hydrogen-bond acceptors (Lipinski definition) is 3. The van der Waals surface area contributed by atoms with E-state index in [9.17, 15) is 14.4 Å². The van der Waals surface area contributed by atoms with Crippen molar-refractivity contribution < 1.29 is 14.4 Å². The van der Waals surface area contributed by atoms with Crippen LogP contribution in [0.1, 0.15) is 12.0 Å². The first-order valence-corrected chi connectivity index (χ1v) is 9.72. The Hall–Kier alpha value is -3.87. The van der Waals surface area contributed by atoms with E-state index >= 15 is 0 Å². The minimum absolute atomic E-state index is 0.0478. The first kappa shape index (κ1) is 19.4. The molecule has 0 aliphatic carbocycles. The molecule has 4 rings (SSSR count). The second-order valence-corrected chi connectivity index (χ2v) is 7.31. The van der Waals surface area contributed by atoms with Crippen molar-refractivity contribution in [3.05, 3.63) is 72.3 Å². The lowest BCUT2D eigenvalue weighted by molar-refractivity contribution is -0.126. The summed E-state index contributed by atoms with van der Waals surface area (Å²) in [6.07, 6.45) is 0.191. The maximum atomic E-state index is 12.7. The van der Waals surface area contributed by atoms with Crippen LogP contribution in [-0.4, -0.2) is 24.4 Å². The fourth-order valence-electron chi connectivity index (χ4n) is 3.74. The molecule has 1 heterocycles. The Morgan fingerprint density at radius 1 is 1.00 bits per heavy atom. The van der Waals surface area contributed by atoms with Crippen LogP contribution in [0.4, 0.5) is 16.2 Å². The molecular weight excluding hydrogens is 380 g/mol. The summed E-state index contributed by atoms with van der Waals surface area (Å²) in [5, 5.41) is 7.45. The van der Waals surface area contributed by atoms with Gasteiger partial charge in [0.25, 0.3) is 0 Å². The quantitative estimate of drug-likeness (QED) is 0.611. The number of carbonyl (C=O) groups is 3. The number of hydrogen-bond donors (Lipinski definition) is 3. The van der Waals surface area contributed by atoms with Gasteiger partial charge >= 0.3 is 6.03 Å². The number of anilines is 2. The zero-order valence-corrected chi connectivity index (χ0v) is 16.3. The van der Waals surface area contributed by atoms with Crippen molar-refractivity contribution in [3.8, 4) is 0 Å². The molecule has 1 atom stereocenters. The van der Waals surface area contributed by atoms with Crippen molar-refractivity contribution >= 4 is 40.0 Å². The summed E-state index contributed by atoms with van der Waals surface area (Å²) >= 11 is 0. The fraction of sp³-hybridized carbons (Fsp3) is 0.174. The van der Waals surface area contributed by atoms with Crippen LogP contribution in [-0.2, 0) is 16.1 Å². The maximum absolute atomic E-state index is 12.7. The highest BCUT2D eigenvalue weighted by Crippen LogP contribution is 2.31. The summed E-state index contributed by atoms with van der Waals surface area (Å²) in [7, 11) is 0. The van der Waals surface area contributed by atoms with E-state index < -0.39 is 11.9 Å². The van der Waals surface area contributed by atoms with E-state index in [4.69, 9.17) is 5.73 Å². The number of benzene rings is 3. The van der Waals surface area contributed by atoms with Crippen LogP contribution in [0.3, 0.4) is 0 Å². The van der Waals surface area contributed by atoms with Gasteiger partial charge in [-0.3, -0.25) is 9.59 Å². The standard InChI is InChI=1S/C23H22N4O3/c24-23(30)26-18-10-8-15(9-11-18)13-25-22(29)17-12-21(28)27(14-17)20-7-3-5-16-4-1-2-6-19(16)20/h1-11,17H,12-14H2,(H,25,29)(H3,24,26,30). The third-order valence-corrected chi connectivity index (χ3v) is 5.24. The van der Waals surface area contributed by atoms with E-state index in [1.165, 1.54) is 0 Å². The SMILES string of the molecule is NC(=O)Nc1ccc(CNC(=O)C2CC(=O)N(c3cccc4ccccc34)C2)cc1. The monoisotopic (exact) mass is 402 g/mol. The maximum Gasteiger partial charge on any atom is 0.316 e. The zero-order chi connectivity index (χ0) is 21.1. The molecule has 1 unspecified atom stereocenters. The third kappa shape index (κ3) is 4.10. The lowest BCUT2D eigenvalue weighted by atomic mass is 10.1. The van der Waals surface area contributed by atoms with Crippen molar-refractivity contribution in [2.24, 2.45) is 11.7 Å². The lowest BCUT2D eigenvalue weighted by Gasteiger charge is -2.19. The van der Waals surface area contributed by atoms with Crippen LogP contribution in [0.2, 0.25) is 0 Å². The number of amides is 4. The first-order valence-electron chi connectivity index (χ1n) is 9.72. The van der Waals surface area contributed by atoms with Gasteiger partial charge in [-0.05, 0) is 29.1 Å². The van der Waals surface area contributed by atoms with Gasteiger partial charge in [-0.1, -0.05) is 48.5 Å². The van der Waals surface area contributed by atoms with Crippen molar-refractivity contribution in [1.82, 2.24) is 5.32 Å². The van der Waals surface area contributed by atoms with E-state index in [0.29, 0.717) is 18.8 Å². The topological polar surface area (TPSA) is 105 Å². The molecular formula is C23H22N4O3. The van der Waals surface area contributed by atoms with E-state index in [1.54, 1.807) is 29.2 Å². The van der Waals surface area contributed by atoms with E-state index in [2.05, 4.69) is 10.6 Å². The average Bonchev–Trinajstić information content (AvgIpc) is 3.14. The summed E-state index contributed by atoms with van der Waals surface area (Å²) in [5.74, 6) is -0.592. The highest BCUT2D eigenvalue weighted by Gasteiger charge is 2.35. The predicted molar refractivity (Wildman–Crippen MR) is 116 cm³/mol. The molecule has 7 nitrogen and oxygen atoms in total. The van der Waals surface area contributed by atoms with Crippen LogP contribution in [0.15, 0.2) is 66.7 Å². The van der Waals surface area contributed by atoms with Crippen LogP contribution in [0, 0.1) is 5.92 Å². The van der Waals surface area contributed by atoms with E-state index in [1.807, 2.05) is 42.5 Å². The number of primary amides is 1. The predicted octanol–water partition coefficient (Wildman–Crippen LogP) is 3.00. The second-order valence-electron chi connectivity index (χ2n) is 7.31. The lowest BCUT2D eigenvalue weighted by Crippen LogP contribution is -2.32.